The van der Waals surface area contributed by atoms with Gasteiger partial charge in [0.1, 0.15) is 0 Å². The number of benzene rings is 1. The number of nitrogens with two attached hydrogens (primary N) is 1. The predicted octanol–water partition coefficient (Wildman–Crippen LogP) is 2.15. The zero-order valence-electron chi connectivity index (χ0n) is 9.19. The summed E-state index contributed by atoms with van der Waals surface area (Å²) < 4.78 is 5.16. The Bertz CT molecular complexity index is 336. The normalized spacial score (nSPS) is 12.1. The van der Waals surface area contributed by atoms with Crippen molar-refractivity contribution >= 4 is 11.7 Å². The Morgan fingerprint density at radius 2 is 2.13 bits per heavy atom. The number of carbonyl (C=O) groups is 1. The van der Waals surface area contributed by atoms with Crippen LogP contribution in [0.15, 0.2) is 24.3 Å². The van der Waals surface area contributed by atoms with Crippen molar-refractivity contribution in [3.8, 4) is 0 Å². The standard InChI is InChI=1S/C12H17NO2/c1-3-9(2)15-12(14)8-10-6-4-5-7-11(10)13/h4-7,9H,3,8,13H2,1-2H3/t9-/m1/s1. The second kappa shape index (κ2) is 5.39. The highest BCUT2D eigenvalue weighted by Crippen LogP contribution is 2.12. The molecule has 0 radical (unpaired) electrons. The Labute approximate surface area is 90.2 Å². The first-order chi connectivity index (χ1) is 7.13. The SMILES string of the molecule is CC[C@@H](C)OC(=O)Cc1ccccc1N. The fourth-order valence-corrected chi connectivity index (χ4v) is 1.20. The van der Waals surface area contributed by atoms with E-state index in [4.69, 9.17) is 10.5 Å². The van der Waals surface area contributed by atoms with E-state index in [1.165, 1.54) is 0 Å². The number of hydrogen-bond acceptors (Lipinski definition) is 3. The summed E-state index contributed by atoms with van der Waals surface area (Å²) in [6.07, 6.45) is 1.05. The quantitative estimate of drug-likeness (QED) is 0.608. The predicted molar refractivity (Wildman–Crippen MR) is 60.4 cm³/mol. The number of rotatable bonds is 4. The molecule has 82 valence electrons. The van der Waals surface area contributed by atoms with E-state index in [1.54, 1.807) is 6.07 Å². The highest BCUT2D eigenvalue weighted by molar-refractivity contribution is 5.74. The van der Waals surface area contributed by atoms with Gasteiger partial charge in [-0.25, -0.2) is 0 Å². The molecule has 0 amide bonds. The molecule has 0 unspecified atom stereocenters. The number of anilines is 1. The summed E-state index contributed by atoms with van der Waals surface area (Å²) in [6, 6.07) is 7.33. The molecule has 0 heterocycles. The first kappa shape index (κ1) is 11.6. The van der Waals surface area contributed by atoms with Gasteiger partial charge in [0, 0.05) is 5.69 Å². The number of hydrogen-bond donors (Lipinski definition) is 1. The maximum atomic E-state index is 11.5. The van der Waals surface area contributed by atoms with Gasteiger partial charge < -0.3 is 10.5 Å². The van der Waals surface area contributed by atoms with Gasteiger partial charge in [0.25, 0.3) is 0 Å². The van der Waals surface area contributed by atoms with Crippen molar-refractivity contribution in [1.29, 1.82) is 0 Å². The summed E-state index contributed by atoms with van der Waals surface area (Å²) in [5.74, 6) is -0.220. The van der Waals surface area contributed by atoms with E-state index in [0.29, 0.717) is 5.69 Å². The van der Waals surface area contributed by atoms with E-state index >= 15 is 0 Å². The van der Waals surface area contributed by atoms with E-state index in [9.17, 15) is 4.79 Å². The number of ether oxygens (including phenoxy) is 1. The Hall–Kier alpha value is -1.51. The molecule has 15 heavy (non-hydrogen) atoms. The molecular formula is C12H17NO2. The molecule has 1 aromatic rings. The van der Waals surface area contributed by atoms with Crippen LogP contribution in [0.25, 0.3) is 0 Å². The molecule has 0 aliphatic rings. The Morgan fingerprint density at radius 1 is 1.47 bits per heavy atom. The van der Waals surface area contributed by atoms with Crippen molar-refractivity contribution in [2.24, 2.45) is 0 Å². The lowest BCUT2D eigenvalue weighted by Crippen LogP contribution is -2.16. The van der Waals surface area contributed by atoms with Gasteiger partial charge in [-0.3, -0.25) is 4.79 Å². The van der Waals surface area contributed by atoms with Crippen LogP contribution in [-0.4, -0.2) is 12.1 Å². The summed E-state index contributed by atoms with van der Waals surface area (Å²) in [4.78, 5) is 11.5. The van der Waals surface area contributed by atoms with Crippen LogP contribution in [0.5, 0.6) is 0 Å². The van der Waals surface area contributed by atoms with Gasteiger partial charge in [-0.05, 0) is 25.0 Å². The van der Waals surface area contributed by atoms with Crippen LogP contribution < -0.4 is 5.73 Å². The van der Waals surface area contributed by atoms with Crippen molar-refractivity contribution in [3.63, 3.8) is 0 Å². The second-order valence-electron chi connectivity index (χ2n) is 3.58. The van der Waals surface area contributed by atoms with Gasteiger partial charge in [-0.1, -0.05) is 25.1 Å². The molecule has 1 atom stereocenters. The van der Waals surface area contributed by atoms with E-state index in [1.807, 2.05) is 32.0 Å². The molecule has 3 nitrogen and oxygen atoms in total. The summed E-state index contributed by atoms with van der Waals surface area (Å²) in [5, 5.41) is 0. The Kier molecular flexibility index (Phi) is 4.16. The largest absolute Gasteiger partial charge is 0.462 e. The summed E-state index contributed by atoms with van der Waals surface area (Å²) in [6.45, 7) is 3.86. The molecule has 0 aliphatic carbocycles. The van der Waals surface area contributed by atoms with Crippen molar-refractivity contribution < 1.29 is 9.53 Å². The third-order valence-corrected chi connectivity index (χ3v) is 2.30. The van der Waals surface area contributed by atoms with Crippen molar-refractivity contribution in [2.45, 2.75) is 32.8 Å². The van der Waals surface area contributed by atoms with E-state index in [0.717, 1.165) is 12.0 Å². The number of nitrogen functional groups attached to an aromatic ring is 1. The zero-order chi connectivity index (χ0) is 11.3. The third-order valence-electron chi connectivity index (χ3n) is 2.30. The fraction of sp³-hybridized carbons (Fsp3) is 0.417. The lowest BCUT2D eigenvalue weighted by Gasteiger charge is -2.11. The molecule has 2 N–H and O–H groups in total. The first-order valence-corrected chi connectivity index (χ1v) is 5.16. The minimum Gasteiger partial charge on any atom is -0.462 e. The van der Waals surface area contributed by atoms with Gasteiger partial charge in [-0.2, -0.15) is 0 Å². The van der Waals surface area contributed by atoms with Gasteiger partial charge in [0.05, 0.1) is 12.5 Å². The van der Waals surface area contributed by atoms with E-state index < -0.39 is 0 Å². The van der Waals surface area contributed by atoms with Gasteiger partial charge in [0.2, 0.25) is 0 Å². The van der Waals surface area contributed by atoms with Crippen LogP contribution >= 0.6 is 0 Å². The smallest absolute Gasteiger partial charge is 0.310 e. The molecule has 0 aromatic heterocycles. The topological polar surface area (TPSA) is 52.3 Å². The van der Waals surface area contributed by atoms with Crippen molar-refractivity contribution in [1.82, 2.24) is 0 Å². The van der Waals surface area contributed by atoms with Crippen LogP contribution in [0.4, 0.5) is 5.69 Å². The summed E-state index contributed by atoms with van der Waals surface area (Å²) >= 11 is 0. The Morgan fingerprint density at radius 3 is 2.73 bits per heavy atom. The molecule has 0 spiro atoms. The van der Waals surface area contributed by atoms with Crippen molar-refractivity contribution in [2.75, 3.05) is 5.73 Å². The lowest BCUT2D eigenvalue weighted by molar-refractivity contribution is -0.147. The van der Waals surface area contributed by atoms with Crippen LogP contribution in [-0.2, 0) is 16.0 Å². The minimum atomic E-state index is -0.220. The van der Waals surface area contributed by atoms with Crippen LogP contribution in [0.3, 0.4) is 0 Å². The number of esters is 1. The molecule has 0 saturated heterocycles. The highest BCUT2D eigenvalue weighted by Gasteiger charge is 2.09. The fourth-order valence-electron chi connectivity index (χ4n) is 1.20. The molecule has 0 aliphatic heterocycles. The minimum absolute atomic E-state index is 0.0255. The van der Waals surface area contributed by atoms with Crippen molar-refractivity contribution in [3.05, 3.63) is 29.8 Å². The molecule has 3 heteroatoms. The molecule has 0 fully saturated rings. The van der Waals surface area contributed by atoms with E-state index in [-0.39, 0.29) is 18.5 Å². The van der Waals surface area contributed by atoms with Crippen LogP contribution in [0.1, 0.15) is 25.8 Å². The monoisotopic (exact) mass is 207 g/mol. The maximum Gasteiger partial charge on any atom is 0.310 e. The molecule has 1 aromatic carbocycles. The third kappa shape index (κ3) is 3.62. The van der Waals surface area contributed by atoms with Gasteiger partial charge in [-0.15, -0.1) is 0 Å². The van der Waals surface area contributed by atoms with E-state index in [2.05, 4.69) is 0 Å². The molecule has 0 saturated carbocycles. The average molecular weight is 207 g/mol. The lowest BCUT2D eigenvalue weighted by atomic mass is 10.1. The first-order valence-electron chi connectivity index (χ1n) is 5.16. The molecule has 0 bridgehead atoms. The number of carbonyl (C=O) groups excluding carboxylic acids is 1. The highest BCUT2D eigenvalue weighted by atomic mass is 16.5. The second-order valence-corrected chi connectivity index (χ2v) is 3.58. The molecular weight excluding hydrogens is 190 g/mol. The van der Waals surface area contributed by atoms with Crippen LogP contribution in [0.2, 0.25) is 0 Å². The summed E-state index contributed by atoms with van der Waals surface area (Å²) in [5.41, 5.74) is 7.19. The van der Waals surface area contributed by atoms with Gasteiger partial charge >= 0.3 is 5.97 Å². The number of para-hydroxylation sites is 1. The maximum absolute atomic E-state index is 11.5. The summed E-state index contributed by atoms with van der Waals surface area (Å²) in [7, 11) is 0. The van der Waals surface area contributed by atoms with Crippen LogP contribution in [0, 0.1) is 0 Å². The Balaban J connectivity index is 2.55. The van der Waals surface area contributed by atoms with Gasteiger partial charge in [0.15, 0.2) is 0 Å². The average Bonchev–Trinajstić information content (AvgIpc) is 2.21. The zero-order valence-corrected chi connectivity index (χ0v) is 9.19. The molecule has 1 rings (SSSR count).